The maximum atomic E-state index is 14.9. The van der Waals surface area contributed by atoms with Crippen molar-refractivity contribution in [2.24, 2.45) is 0 Å². The highest BCUT2D eigenvalue weighted by molar-refractivity contribution is 6.07. The van der Waals surface area contributed by atoms with Gasteiger partial charge in [-0.15, -0.1) is 6.58 Å². The van der Waals surface area contributed by atoms with Gasteiger partial charge in [0.05, 0.1) is 24.8 Å². The lowest BCUT2D eigenvalue weighted by molar-refractivity contribution is -0.136. The van der Waals surface area contributed by atoms with E-state index in [4.69, 9.17) is 9.47 Å². The summed E-state index contributed by atoms with van der Waals surface area (Å²) in [7, 11) is 1.26. The summed E-state index contributed by atoms with van der Waals surface area (Å²) in [6, 6.07) is 10.5. The first-order valence-electron chi connectivity index (χ1n) is 11.4. The van der Waals surface area contributed by atoms with Crippen LogP contribution in [-0.4, -0.2) is 31.3 Å². The molecule has 0 bridgehead atoms. The van der Waals surface area contributed by atoms with Gasteiger partial charge in [0.2, 0.25) is 0 Å². The second kappa shape index (κ2) is 11.5. The molecule has 0 radical (unpaired) electrons. The predicted octanol–water partition coefficient (Wildman–Crippen LogP) is 6.05. The van der Waals surface area contributed by atoms with Crippen molar-refractivity contribution < 1.29 is 36.2 Å². The lowest BCUT2D eigenvalue weighted by atomic mass is 9.78. The third kappa shape index (κ3) is 6.88. The number of nitrogens with zero attached hydrogens (tertiary/aromatic N) is 1. The molecular formula is C27H25F5N2O3. The molecule has 2 aromatic rings. The fraction of sp³-hybridized carbons (Fsp3) is 0.333. The number of hydrogen-bond acceptors (Lipinski definition) is 4. The van der Waals surface area contributed by atoms with Gasteiger partial charge in [0.1, 0.15) is 34.8 Å². The molecule has 10 heteroatoms. The van der Waals surface area contributed by atoms with Crippen LogP contribution in [0.4, 0.5) is 22.0 Å². The minimum atomic E-state index is -4.25. The molecule has 196 valence electrons. The number of methoxy groups -OCH3 is 1. The molecule has 1 amide bonds. The molecule has 1 atom stereocenters. The number of nitriles is 1. The van der Waals surface area contributed by atoms with Crippen molar-refractivity contribution >= 4 is 11.5 Å². The normalized spacial score (nSPS) is 17.7. The van der Waals surface area contributed by atoms with E-state index in [1.165, 1.54) is 13.2 Å². The van der Waals surface area contributed by atoms with Gasteiger partial charge in [-0.3, -0.25) is 4.79 Å². The lowest BCUT2D eigenvalue weighted by Crippen LogP contribution is -2.51. The first kappa shape index (κ1) is 27.7. The largest absolute Gasteiger partial charge is 0.497 e. The predicted molar refractivity (Wildman–Crippen MR) is 127 cm³/mol. The molecule has 37 heavy (non-hydrogen) atoms. The maximum Gasteiger partial charge on any atom is 0.389 e. The van der Waals surface area contributed by atoms with Crippen LogP contribution in [0.15, 0.2) is 54.6 Å². The lowest BCUT2D eigenvalue weighted by Gasteiger charge is -2.37. The van der Waals surface area contributed by atoms with Crippen molar-refractivity contribution in [1.82, 2.24) is 5.32 Å². The molecule has 0 spiro atoms. The molecule has 1 heterocycles. The summed E-state index contributed by atoms with van der Waals surface area (Å²) in [6.45, 7) is 3.70. The van der Waals surface area contributed by atoms with Crippen LogP contribution in [0.3, 0.4) is 0 Å². The highest BCUT2D eigenvalue weighted by Crippen LogP contribution is 2.39. The summed E-state index contributed by atoms with van der Waals surface area (Å²) in [5.41, 5.74) is -1.30. The number of carbonyl (C=O) groups is 1. The van der Waals surface area contributed by atoms with Crippen molar-refractivity contribution in [3.05, 3.63) is 77.4 Å². The Bertz CT molecular complexity index is 1230. The quantitative estimate of drug-likeness (QED) is 0.235. The summed E-state index contributed by atoms with van der Waals surface area (Å²) in [5.74, 6) is -2.37. The molecule has 5 nitrogen and oxygen atoms in total. The van der Waals surface area contributed by atoms with Gasteiger partial charge in [0.15, 0.2) is 0 Å². The summed E-state index contributed by atoms with van der Waals surface area (Å²) < 4.78 is 77.0. The Morgan fingerprint density at radius 1 is 1.19 bits per heavy atom. The van der Waals surface area contributed by atoms with Crippen molar-refractivity contribution in [1.29, 1.82) is 5.26 Å². The van der Waals surface area contributed by atoms with E-state index in [1.54, 1.807) is 30.3 Å². The Balaban J connectivity index is 1.80. The van der Waals surface area contributed by atoms with E-state index in [1.807, 2.05) is 0 Å². The highest BCUT2D eigenvalue weighted by Gasteiger charge is 2.39. The first-order chi connectivity index (χ1) is 17.5. The SMILES string of the molecule is C=C[C@]1(CCc2cccc(OCCCC(F)(F)F)c2)CC(c2c(F)cc(OC)cc2F)=C(C#N)C(=O)N1. The number of benzene rings is 2. The van der Waals surface area contributed by atoms with E-state index in [0.29, 0.717) is 12.2 Å². The van der Waals surface area contributed by atoms with Gasteiger partial charge < -0.3 is 14.8 Å². The number of ether oxygens (including phenoxy) is 2. The Morgan fingerprint density at radius 3 is 2.49 bits per heavy atom. The molecule has 1 N–H and O–H groups in total. The Morgan fingerprint density at radius 2 is 1.89 bits per heavy atom. The average molecular weight is 520 g/mol. The second-order valence-electron chi connectivity index (χ2n) is 8.64. The number of carbonyl (C=O) groups excluding carboxylic acids is 1. The minimum absolute atomic E-state index is 0.0476. The van der Waals surface area contributed by atoms with Crippen LogP contribution in [-0.2, 0) is 11.2 Å². The molecule has 0 aromatic heterocycles. The molecule has 0 saturated heterocycles. The van der Waals surface area contributed by atoms with Crippen LogP contribution in [0.2, 0.25) is 0 Å². The molecule has 0 aliphatic carbocycles. The van der Waals surface area contributed by atoms with E-state index in [9.17, 15) is 32.0 Å². The van der Waals surface area contributed by atoms with Crippen LogP contribution < -0.4 is 14.8 Å². The van der Waals surface area contributed by atoms with E-state index in [-0.39, 0.29) is 37.2 Å². The molecule has 0 fully saturated rings. The zero-order valence-electron chi connectivity index (χ0n) is 20.1. The third-order valence-corrected chi connectivity index (χ3v) is 6.07. The summed E-state index contributed by atoms with van der Waals surface area (Å²) in [6.07, 6.45) is -3.34. The summed E-state index contributed by atoms with van der Waals surface area (Å²) in [5, 5.41) is 12.3. The molecule has 1 aliphatic heterocycles. The van der Waals surface area contributed by atoms with Crippen LogP contribution >= 0.6 is 0 Å². The monoisotopic (exact) mass is 520 g/mol. The topological polar surface area (TPSA) is 71.3 Å². The van der Waals surface area contributed by atoms with Crippen molar-refractivity contribution in [3.8, 4) is 17.6 Å². The standard InChI is InChI=1S/C27H25F5N2O3/c1-3-26(10-8-17-6-4-7-18(12-17)37-11-5-9-27(30,31)32)15-20(21(16-33)25(35)34-26)24-22(28)13-19(36-2)14-23(24)29/h3-4,6-7,12-14H,1,5,8-11,15H2,2H3,(H,34,35)/t26-/m0/s1. The van der Waals surface area contributed by atoms with Crippen molar-refractivity contribution in [2.45, 2.75) is 43.8 Å². The van der Waals surface area contributed by atoms with Crippen molar-refractivity contribution in [2.75, 3.05) is 13.7 Å². The zero-order valence-corrected chi connectivity index (χ0v) is 20.1. The van der Waals surface area contributed by atoms with Crippen LogP contribution in [0.25, 0.3) is 5.57 Å². The van der Waals surface area contributed by atoms with Gasteiger partial charge in [0, 0.05) is 25.0 Å². The van der Waals surface area contributed by atoms with Crippen molar-refractivity contribution in [3.63, 3.8) is 0 Å². The van der Waals surface area contributed by atoms with Gasteiger partial charge in [-0.25, -0.2) is 8.78 Å². The van der Waals surface area contributed by atoms with E-state index >= 15 is 0 Å². The maximum absolute atomic E-state index is 14.9. The average Bonchev–Trinajstić information content (AvgIpc) is 2.84. The number of halogens is 5. The van der Waals surface area contributed by atoms with Crippen LogP contribution in [0.5, 0.6) is 11.5 Å². The summed E-state index contributed by atoms with van der Waals surface area (Å²) in [4.78, 5) is 12.8. The number of aryl methyl sites for hydroxylation is 1. The summed E-state index contributed by atoms with van der Waals surface area (Å²) >= 11 is 0. The van der Waals surface area contributed by atoms with E-state index < -0.39 is 46.8 Å². The highest BCUT2D eigenvalue weighted by atomic mass is 19.4. The van der Waals surface area contributed by atoms with Gasteiger partial charge in [-0.2, -0.15) is 18.4 Å². The second-order valence-corrected chi connectivity index (χ2v) is 8.64. The molecule has 0 saturated carbocycles. The molecule has 1 aliphatic rings. The molecule has 3 rings (SSSR count). The fourth-order valence-electron chi connectivity index (χ4n) is 4.16. The van der Waals surface area contributed by atoms with Gasteiger partial charge in [0.25, 0.3) is 5.91 Å². The number of rotatable bonds is 10. The Labute approximate surface area is 211 Å². The van der Waals surface area contributed by atoms with Gasteiger partial charge >= 0.3 is 6.18 Å². The number of hydrogen-bond donors (Lipinski definition) is 1. The number of amides is 1. The molecule has 2 aromatic carbocycles. The minimum Gasteiger partial charge on any atom is -0.497 e. The van der Waals surface area contributed by atoms with E-state index in [0.717, 1.165) is 17.7 Å². The third-order valence-electron chi connectivity index (χ3n) is 6.07. The Kier molecular flexibility index (Phi) is 8.58. The first-order valence-corrected chi connectivity index (χ1v) is 11.4. The zero-order chi connectivity index (χ0) is 27.2. The molecule has 0 unspecified atom stereocenters. The van der Waals surface area contributed by atoms with Gasteiger partial charge in [-0.1, -0.05) is 18.2 Å². The Hall–Kier alpha value is -3.87. The van der Waals surface area contributed by atoms with E-state index in [2.05, 4.69) is 11.9 Å². The van der Waals surface area contributed by atoms with Crippen LogP contribution in [0, 0.1) is 23.0 Å². The fourth-order valence-corrected chi connectivity index (χ4v) is 4.16. The number of nitrogens with one attached hydrogen (secondary N) is 1. The van der Waals surface area contributed by atoms with Gasteiger partial charge in [-0.05, 0) is 42.5 Å². The smallest absolute Gasteiger partial charge is 0.389 e. The number of alkyl halides is 3. The van der Waals surface area contributed by atoms with Crippen LogP contribution in [0.1, 0.15) is 36.8 Å². The molecular weight excluding hydrogens is 495 g/mol.